The fraction of sp³-hybridized carbons (Fsp3) is 0.923. The number of amides is 1. The molecule has 0 saturated carbocycles. The van der Waals surface area contributed by atoms with E-state index < -0.39 is 12.1 Å². The third kappa shape index (κ3) is 3.41. The highest BCUT2D eigenvalue weighted by atomic mass is 19.4. The number of piperidine rings is 2. The van der Waals surface area contributed by atoms with E-state index >= 15 is 0 Å². The molecule has 0 aromatic rings. The van der Waals surface area contributed by atoms with Crippen LogP contribution in [-0.2, 0) is 4.79 Å². The predicted molar refractivity (Wildman–Crippen MR) is 65.5 cm³/mol. The molecule has 0 aromatic heterocycles. The van der Waals surface area contributed by atoms with Gasteiger partial charge < -0.3 is 10.2 Å². The Labute approximate surface area is 111 Å². The summed E-state index contributed by atoms with van der Waals surface area (Å²) in [5.41, 5.74) is 0. The van der Waals surface area contributed by atoms with E-state index in [4.69, 9.17) is 0 Å². The van der Waals surface area contributed by atoms with Crippen molar-refractivity contribution in [2.45, 2.75) is 44.8 Å². The van der Waals surface area contributed by atoms with E-state index in [0.29, 0.717) is 13.0 Å². The summed E-state index contributed by atoms with van der Waals surface area (Å²) in [5, 5.41) is 3.15. The maximum Gasteiger partial charge on any atom is 0.393 e. The first-order valence-corrected chi connectivity index (χ1v) is 6.98. The summed E-state index contributed by atoms with van der Waals surface area (Å²) in [5.74, 6) is -1.31. The molecule has 2 fully saturated rings. The largest absolute Gasteiger partial charge is 0.393 e. The minimum Gasteiger partial charge on any atom is -0.341 e. The molecule has 0 spiro atoms. The summed E-state index contributed by atoms with van der Waals surface area (Å²) in [6.07, 6.45) is -1.63. The van der Waals surface area contributed by atoms with E-state index in [2.05, 4.69) is 5.32 Å². The van der Waals surface area contributed by atoms with Crippen molar-refractivity contribution in [2.24, 2.45) is 11.8 Å². The van der Waals surface area contributed by atoms with Crippen LogP contribution in [0.4, 0.5) is 13.2 Å². The molecule has 0 aliphatic carbocycles. The van der Waals surface area contributed by atoms with E-state index in [1.54, 1.807) is 0 Å². The van der Waals surface area contributed by atoms with Gasteiger partial charge in [0, 0.05) is 13.1 Å². The standard InChI is InChI=1S/C13H21F3N2O/c1-9-4-2-6-17-11(9)12(19)18-7-3-5-10(8-18)13(14,15)16/h9-11,17H,2-8H2,1H3. The lowest BCUT2D eigenvalue weighted by Gasteiger charge is -2.38. The van der Waals surface area contributed by atoms with Crippen LogP contribution in [0.5, 0.6) is 0 Å². The predicted octanol–water partition coefficient (Wildman–Crippen LogP) is 2.18. The number of carbonyl (C=O) groups is 1. The Morgan fingerprint density at radius 1 is 1.26 bits per heavy atom. The van der Waals surface area contributed by atoms with Crippen LogP contribution in [0.2, 0.25) is 0 Å². The smallest absolute Gasteiger partial charge is 0.341 e. The normalized spacial score (nSPS) is 33.3. The molecule has 0 aromatic carbocycles. The summed E-state index contributed by atoms with van der Waals surface area (Å²) in [4.78, 5) is 13.7. The molecule has 3 nitrogen and oxygen atoms in total. The minimum absolute atomic E-state index is 0.140. The maximum absolute atomic E-state index is 12.7. The molecule has 1 N–H and O–H groups in total. The van der Waals surface area contributed by atoms with Gasteiger partial charge in [-0.1, -0.05) is 6.92 Å². The van der Waals surface area contributed by atoms with E-state index in [1.165, 1.54) is 4.90 Å². The Morgan fingerprint density at radius 3 is 2.63 bits per heavy atom. The van der Waals surface area contributed by atoms with Gasteiger partial charge in [0.25, 0.3) is 0 Å². The third-order valence-electron chi connectivity index (χ3n) is 4.23. The molecule has 110 valence electrons. The first-order chi connectivity index (χ1) is 8.89. The fourth-order valence-electron chi connectivity index (χ4n) is 3.02. The van der Waals surface area contributed by atoms with Crippen molar-refractivity contribution in [1.82, 2.24) is 10.2 Å². The van der Waals surface area contributed by atoms with Gasteiger partial charge in [0.05, 0.1) is 12.0 Å². The molecule has 2 saturated heterocycles. The average molecular weight is 278 g/mol. The zero-order valence-electron chi connectivity index (χ0n) is 11.2. The number of nitrogens with one attached hydrogen (secondary N) is 1. The highest BCUT2D eigenvalue weighted by Gasteiger charge is 2.43. The van der Waals surface area contributed by atoms with Crippen molar-refractivity contribution in [3.63, 3.8) is 0 Å². The monoisotopic (exact) mass is 278 g/mol. The van der Waals surface area contributed by atoms with Crippen LogP contribution in [0.1, 0.15) is 32.6 Å². The molecule has 2 aliphatic rings. The Morgan fingerprint density at radius 2 is 2.00 bits per heavy atom. The average Bonchev–Trinajstić information content (AvgIpc) is 2.38. The minimum atomic E-state index is -4.19. The van der Waals surface area contributed by atoms with Crippen LogP contribution in [0, 0.1) is 11.8 Å². The van der Waals surface area contributed by atoms with Gasteiger partial charge in [-0.2, -0.15) is 13.2 Å². The summed E-state index contributed by atoms with van der Waals surface area (Å²) in [6.45, 7) is 3.04. The number of halogens is 3. The van der Waals surface area contributed by atoms with Crippen molar-refractivity contribution in [3.8, 4) is 0 Å². The number of likely N-dealkylation sites (tertiary alicyclic amines) is 1. The van der Waals surface area contributed by atoms with E-state index in [9.17, 15) is 18.0 Å². The molecular weight excluding hydrogens is 257 g/mol. The Bertz CT molecular complexity index is 332. The van der Waals surface area contributed by atoms with Crippen molar-refractivity contribution < 1.29 is 18.0 Å². The quantitative estimate of drug-likeness (QED) is 0.797. The molecule has 6 heteroatoms. The second-order valence-corrected chi connectivity index (χ2v) is 5.72. The number of alkyl halides is 3. The van der Waals surface area contributed by atoms with Crippen LogP contribution in [0.3, 0.4) is 0 Å². The molecule has 3 atom stereocenters. The Kier molecular flexibility index (Phi) is 4.38. The molecule has 2 aliphatic heterocycles. The highest BCUT2D eigenvalue weighted by molar-refractivity contribution is 5.82. The lowest BCUT2D eigenvalue weighted by molar-refractivity contribution is -0.188. The van der Waals surface area contributed by atoms with Crippen LogP contribution in [-0.4, -0.2) is 42.7 Å². The third-order valence-corrected chi connectivity index (χ3v) is 4.23. The van der Waals surface area contributed by atoms with Crippen molar-refractivity contribution >= 4 is 5.91 Å². The van der Waals surface area contributed by atoms with Gasteiger partial charge in [-0.25, -0.2) is 0 Å². The van der Waals surface area contributed by atoms with Crippen LogP contribution < -0.4 is 5.32 Å². The maximum atomic E-state index is 12.7. The topological polar surface area (TPSA) is 32.3 Å². The Hall–Kier alpha value is -0.780. The van der Waals surface area contributed by atoms with Crippen LogP contribution in [0.25, 0.3) is 0 Å². The molecule has 1 amide bonds. The van der Waals surface area contributed by atoms with Crippen molar-refractivity contribution in [3.05, 3.63) is 0 Å². The summed E-state index contributed by atoms with van der Waals surface area (Å²) >= 11 is 0. The van der Waals surface area contributed by atoms with Gasteiger partial charge in [0.1, 0.15) is 0 Å². The molecular formula is C13H21F3N2O. The van der Waals surface area contributed by atoms with E-state index in [-0.39, 0.29) is 30.8 Å². The fourth-order valence-corrected chi connectivity index (χ4v) is 3.02. The second kappa shape index (κ2) is 5.69. The molecule has 2 rings (SSSR count). The summed E-state index contributed by atoms with van der Waals surface area (Å²) < 4.78 is 38.2. The van der Waals surface area contributed by atoms with E-state index in [0.717, 1.165) is 19.4 Å². The number of rotatable bonds is 1. The van der Waals surface area contributed by atoms with Crippen LogP contribution in [0.15, 0.2) is 0 Å². The van der Waals surface area contributed by atoms with Crippen LogP contribution >= 0.6 is 0 Å². The summed E-state index contributed by atoms with van der Waals surface area (Å²) in [6, 6.07) is -0.305. The first kappa shape index (κ1) is 14.6. The zero-order chi connectivity index (χ0) is 14.0. The highest BCUT2D eigenvalue weighted by Crippen LogP contribution is 2.33. The van der Waals surface area contributed by atoms with Crippen molar-refractivity contribution in [2.75, 3.05) is 19.6 Å². The molecule has 0 bridgehead atoms. The molecule has 0 radical (unpaired) electrons. The van der Waals surface area contributed by atoms with Crippen molar-refractivity contribution in [1.29, 1.82) is 0 Å². The lowest BCUT2D eigenvalue weighted by atomic mass is 9.90. The molecule has 19 heavy (non-hydrogen) atoms. The molecule has 2 heterocycles. The number of carbonyl (C=O) groups excluding carboxylic acids is 1. The van der Waals surface area contributed by atoms with Gasteiger partial charge >= 0.3 is 6.18 Å². The van der Waals surface area contributed by atoms with E-state index in [1.807, 2.05) is 6.92 Å². The Balaban J connectivity index is 1.98. The number of hydrogen-bond acceptors (Lipinski definition) is 2. The lowest BCUT2D eigenvalue weighted by Crippen LogP contribution is -2.55. The first-order valence-electron chi connectivity index (χ1n) is 6.98. The SMILES string of the molecule is CC1CCCNC1C(=O)N1CCCC(C(F)(F)F)C1. The number of nitrogens with zero attached hydrogens (tertiary/aromatic N) is 1. The second-order valence-electron chi connectivity index (χ2n) is 5.72. The van der Waals surface area contributed by atoms with Gasteiger partial charge in [-0.3, -0.25) is 4.79 Å². The number of hydrogen-bond donors (Lipinski definition) is 1. The van der Waals surface area contributed by atoms with Gasteiger partial charge in [-0.05, 0) is 38.1 Å². The summed E-state index contributed by atoms with van der Waals surface area (Å²) in [7, 11) is 0. The van der Waals surface area contributed by atoms with Gasteiger partial charge in [0.15, 0.2) is 0 Å². The van der Waals surface area contributed by atoms with Gasteiger partial charge in [-0.15, -0.1) is 0 Å². The molecule has 3 unspecified atom stereocenters. The zero-order valence-corrected chi connectivity index (χ0v) is 11.2. The van der Waals surface area contributed by atoms with Gasteiger partial charge in [0.2, 0.25) is 5.91 Å².